The highest BCUT2D eigenvalue weighted by Gasteiger charge is 1.97. The molecule has 0 aliphatic carbocycles. The highest BCUT2D eigenvalue weighted by molar-refractivity contribution is 5.73. The SMILES string of the molecule is CCCCCNC(=O)NCCCNc1ccncc1. The fourth-order valence-electron chi connectivity index (χ4n) is 1.63. The minimum Gasteiger partial charge on any atom is -0.385 e. The summed E-state index contributed by atoms with van der Waals surface area (Å²) in [5.74, 6) is 0. The van der Waals surface area contributed by atoms with E-state index in [0.29, 0.717) is 6.54 Å². The van der Waals surface area contributed by atoms with Gasteiger partial charge >= 0.3 is 6.03 Å². The number of nitrogens with one attached hydrogen (secondary N) is 3. The van der Waals surface area contributed by atoms with E-state index in [4.69, 9.17) is 0 Å². The van der Waals surface area contributed by atoms with Crippen molar-refractivity contribution in [2.75, 3.05) is 25.0 Å². The van der Waals surface area contributed by atoms with Crippen LogP contribution in [0.25, 0.3) is 0 Å². The molecule has 5 heteroatoms. The first-order valence-corrected chi connectivity index (χ1v) is 6.98. The number of hydrogen-bond acceptors (Lipinski definition) is 3. The number of rotatable bonds is 9. The summed E-state index contributed by atoms with van der Waals surface area (Å²) >= 11 is 0. The standard InChI is InChI=1S/C14H24N4O/c1-2-3-4-8-17-14(19)18-10-5-9-16-13-6-11-15-12-7-13/h6-7,11-12H,2-5,8-10H2,1H3,(H,15,16)(H2,17,18,19). The van der Waals surface area contributed by atoms with Crippen molar-refractivity contribution in [2.24, 2.45) is 0 Å². The second kappa shape index (κ2) is 10.2. The van der Waals surface area contributed by atoms with Gasteiger partial charge in [-0.2, -0.15) is 0 Å². The average Bonchev–Trinajstić information content (AvgIpc) is 2.44. The molecule has 0 saturated heterocycles. The average molecular weight is 264 g/mol. The van der Waals surface area contributed by atoms with E-state index in [1.165, 1.54) is 6.42 Å². The predicted molar refractivity (Wildman–Crippen MR) is 78.3 cm³/mol. The highest BCUT2D eigenvalue weighted by atomic mass is 16.2. The van der Waals surface area contributed by atoms with Crippen molar-refractivity contribution in [3.05, 3.63) is 24.5 Å². The molecule has 0 saturated carbocycles. The Bertz CT molecular complexity index is 343. The number of nitrogens with zero attached hydrogens (tertiary/aromatic N) is 1. The van der Waals surface area contributed by atoms with Gasteiger partial charge in [-0.1, -0.05) is 19.8 Å². The molecule has 0 unspecified atom stereocenters. The summed E-state index contributed by atoms with van der Waals surface area (Å²) in [6.07, 6.45) is 7.78. The Morgan fingerprint density at radius 3 is 2.42 bits per heavy atom. The van der Waals surface area contributed by atoms with E-state index < -0.39 is 0 Å². The van der Waals surface area contributed by atoms with Gasteiger partial charge in [0.05, 0.1) is 0 Å². The monoisotopic (exact) mass is 264 g/mol. The fraction of sp³-hybridized carbons (Fsp3) is 0.571. The van der Waals surface area contributed by atoms with Crippen LogP contribution in [0.4, 0.5) is 10.5 Å². The molecule has 1 rings (SSSR count). The van der Waals surface area contributed by atoms with Crippen molar-refractivity contribution in [3.63, 3.8) is 0 Å². The summed E-state index contributed by atoms with van der Waals surface area (Å²) in [6.45, 7) is 4.42. The van der Waals surface area contributed by atoms with E-state index in [0.717, 1.165) is 38.0 Å². The van der Waals surface area contributed by atoms with Crippen LogP contribution in [-0.2, 0) is 0 Å². The van der Waals surface area contributed by atoms with Crippen LogP contribution in [0.15, 0.2) is 24.5 Å². The summed E-state index contributed by atoms with van der Waals surface area (Å²) < 4.78 is 0. The molecule has 0 spiro atoms. The van der Waals surface area contributed by atoms with Crippen LogP contribution in [0.2, 0.25) is 0 Å². The lowest BCUT2D eigenvalue weighted by Gasteiger charge is -2.08. The van der Waals surface area contributed by atoms with Gasteiger partial charge in [0.1, 0.15) is 0 Å². The molecule has 1 aromatic rings. The first kappa shape index (κ1) is 15.3. The largest absolute Gasteiger partial charge is 0.385 e. The molecular formula is C14H24N4O. The molecule has 0 aromatic carbocycles. The Labute approximate surface area is 115 Å². The molecule has 2 amide bonds. The minimum atomic E-state index is -0.0694. The lowest BCUT2D eigenvalue weighted by Crippen LogP contribution is -2.36. The van der Waals surface area contributed by atoms with Gasteiger partial charge in [0.15, 0.2) is 0 Å². The van der Waals surface area contributed by atoms with Crippen LogP contribution < -0.4 is 16.0 Å². The number of unbranched alkanes of at least 4 members (excludes halogenated alkanes) is 2. The van der Waals surface area contributed by atoms with Gasteiger partial charge in [0.2, 0.25) is 0 Å². The Morgan fingerprint density at radius 1 is 1.05 bits per heavy atom. The van der Waals surface area contributed by atoms with Gasteiger partial charge in [0.25, 0.3) is 0 Å². The van der Waals surface area contributed by atoms with Crippen molar-refractivity contribution in [1.29, 1.82) is 0 Å². The van der Waals surface area contributed by atoms with Crippen molar-refractivity contribution in [2.45, 2.75) is 32.6 Å². The predicted octanol–water partition coefficient (Wildman–Crippen LogP) is 2.37. The summed E-state index contributed by atoms with van der Waals surface area (Å²) in [4.78, 5) is 15.3. The topological polar surface area (TPSA) is 66.1 Å². The molecule has 0 bridgehead atoms. The maximum absolute atomic E-state index is 11.4. The molecule has 5 nitrogen and oxygen atoms in total. The van der Waals surface area contributed by atoms with Crippen LogP contribution in [0.3, 0.4) is 0 Å². The summed E-state index contributed by atoms with van der Waals surface area (Å²) in [7, 11) is 0. The number of carbonyl (C=O) groups excluding carboxylic acids is 1. The molecule has 1 heterocycles. The van der Waals surface area contributed by atoms with Crippen molar-refractivity contribution in [1.82, 2.24) is 15.6 Å². The number of hydrogen-bond donors (Lipinski definition) is 3. The third-order valence-electron chi connectivity index (χ3n) is 2.71. The second-order valence-electron chi connectivity index (χ2n) is 4.41. The molecule has 0 aliphatic rings. The van der Waals surface area contributed by atoms with Gasteiger partial charge in [0, 0.05) is 37.7 Å². The van der Waals surface area contributed by atoms with Gasteiger partial charge in [-0.05, 0) is 25.0 Å². The van der Waals surface area contributed by atoms with Crippen molar-refractivity contribution >= 4 is 11.7 Å². The third kappa shape index (κ3) is 8.02. The van der Waals surface area contributed by atoms with E-state index in [9.17, 15) is 4.79 Å². The normalized spacial score (nSPS) is 9.95. The zero-order valence-corrected chi connectivity index (χ0v) is 11.6. The number of urea groups is 1. The molecule has 3 N–H and O–H groups in total. The zero-order valence-electron chi connectivity index (χ0n) is 11.6. The minimum absolute atomic E-state index is 0.0694. The fourth-order valence-corrected chi connectivity index (χ4v) is 1.63. The molecule has 106 valence electrons. The van der Waals surface area contributed by atoms with E-state index in [1.54, 1.807) is 12.4 Å². The number of anilines is 1. The van der Waals surface area contributed by atoms with E-state index in [-0.39, 0.29) is 6.03 Å². The van der Waals surface area contributed by atoms with Crippen LogP contribution in [-0.4, -0.2) is 30.6 Å². The van der Waals surface area contributed by atoms with Crippen LogP contribution >= 0.6 is 0 Å². The summed E-state index contributed by atoms with van der Waals surface area (Å²) in [5.41, 5.74) is 1.05. The molecule has 0 aliphatic heterocycles. The van der Waals surface area contributed by atoms with Gasteiger partial charge < -0.3 is 16.0 Å². The van der Waals surface area contributed by atoms with Crippen molar-refractivity contribution < 1.29 is 4.79 Å². The maximum atomic E-state index is 11.4. The lowest BCUT2D eigenvalue weighted by atomic mass is 10.2. The number of pyridine rings is 1. The van der Waals surface area contributed by atoms with Gasteiger partial charge in [-0.15, -0.1) is 0 Å². The zero-order chi connectivity index (χ0) is 13.8. The molecule has 0 atom stereocenters. The summed E-state index contributed by atoms with van der Waals surface area (Å²) in [6, 6.07) is 3.78. The van der Waals surface area contributed by atoms with Gasteiger partial charge in [-0.25, -0.2) is 4.79 Å². The molecule has 0 fully saturated rings. The number of amides is 2. The number of aromatic nitrogens is 1. The highest BCUT2D eigenvalue weighted by Crippen LogP contribution is 2.02. The first-order valence-electron chi connectivity index (χ1n) is 6.98. The van der Waals surface area contributed by atoms with Crippen LogP contribution in [0.5, 0.6) is 0 Å². The Morgan fingerprint density at radius 2 is 1.74 bits per heavy atom. The van der Waals surface area contributed by atoms with Crippen molar-refractivity contribution in [3.8, 4) is 0 Å². The Hall–Kier alpha value is -1.78. The number of carbonyl (C=O) groups is 1. The van der Waals surface area contributed by atoms with E-state index in [1.807, 2.05) is 12.1 Å². The molecular weight excluding hydrogens is 240 g/mol. The smallest absolute Gasteiger partial charge is 0.314 e. The quantitative estimate of drug-likeness (QED) is 0.600. The lowest BCUT2D eigenvalue weighted by molar-refractivity contribution is 0.240. The van der Waals surface area contributed by atoms with Gasteiger partial charge in [-0.3, -0.25) is 4.98 Å². The van der Waals surface area contributed by atoms with E-state index >= 15 is 0 Å². The van der Waals surface area contributed by atoms with Crippen LogP contribution in [0.1, 0.15) is 32.6 Å². The third-order valence-corrected chi connectivity index (χ3v) is 2.71. The molecule has 1 aromatic heterocycles. The van der Waals surface area contributed by atoms with Crippen LogP contribution in [0, 0.1) is 0 Å². The molecule has 19 heavy (non-hydrogen) atoms. The molecule has 0 radical (unpaired) electrons. The Kier molecular flexibility index (Phi) is 8.18. The second-order valence-corrected chi connectivity index (χ2v) is 4.41. The summed E-state index contributed by atoms with van der Waals surface area (Å²) in [5, 5.41) is 8.96. The first-order chi connectivity index (χ1) is 9.33. The maximum Gasteiger partial charge on any atom is 0.314 e. The Balaban J connectivity index is 1.94. The van der Waals surface area contributed by atoms with E-state index in [2.05, 4.69) is 27.9 Å².